The largest absolute Gasteiger partial charge is 0.463 e. The van der Waals surface area contributed by atoms with Crippen molar-refractivity contribution >= 4 is 39.6 Å². The van der Waals surface area contributed by atoms with Crippen molar-refractivity contribution < 1.29 is 33.8 Å². The van der Waals surface area contributed by atoms with Gasteiger partial charge in [-0.05, 0) is 43.2 Å². The van der Waals surface area contributed by atoms with Crippen molar-refractivity contribution in [1.29, 1.82) is 0 Å². The zero-order chi connectivity index (χ0) is 35.0. The van der Waals surface area contributed by atoms with Crippen molar-refractivity contribution in [2.75, 3.05) is 26.3 Å². The van der Waals surface area contributed by atoms with Crippen molar-refractivity contribution in [1.82, 2.24) is 15.1 Å². The van der Waals surface area contributed by atoms with Crippen LogP contribution >= 0.6 is 15.9 Å². The van der Waals surface area contributed by atoms with E-state index in [9.17, 15) is 24.3 Å². The van der Waals surface area contributed by atoms with Gasteiger partial charge in [-0.2, -0.15) is 0 Å². The van der Waals surface area contributed by atoms with E-state index in [1.54, 1.807) is 22.0 Å². The molecule has 10 nitrogen and oxygen atoms in total. The van der Waals surface area contributed by atoms with Crippen LogP contribution in [0.25, 0.3) is 0 Å². The van der Waals surface area contributed by atoms with Crippen LogP contribution in [0.3, 0.4) is 0 Å². The molecule has 0 aliphatic carbocycles. The summed E-state index contributed by atoms with van der Waals surface area (Å²) >= 11 is 3.75. The molecule has 0 saturated carbocycles. The summed E-state index contributed by atoms with van der Waals surface area (Å²) < 4.78 is 12.3. The average molecular weight is 737 g/mol. The Morgan fingerprint density at radius 1 is 1.08 bits per heavy atom. The second kappa shape index (κ2) is 16.7. The molecule has 2 N–H and O–H groups in total. The van der Waals surface area contributed by atoms with Crippen molar-refractivity contribution in [3.63, 3.8) is 0 Å². The number of hydrogen-bond donors (Lipinski definition) is 2. The Labute approximate surface area is 296 Å². The summed E-state index contributed by atoms with van der Waals surface area (Å²) in [6.07, 6.45) is 5.56. The predicted molar refractivity (Wildman–Crippen MR) is 188 cm³/mol. The van der Waals surface area contributed by atoms with E-state index in [0.717, 1.165) is 11.1 Å². The zero-order valence-electron chi connectivity index (χ0n) is 27.8. The summed E-state index contributed by atoms with van der Waals surface area (Å²) in [5.41, 5.74) is 0.468. The summed E-state index contributed by atoms with van der Waals surface area (Å²) in [7, 11) is 0. The van der Waals surface area contributed by atoms with Gasteiger partial charge in [0.05, 0.1) is 24.0 Å². The van der Waals surface area contributed by atoms with Gasteiger partial charge in [-0.1, -0.05) is 88.7 Å². The smallest absolute Gasteiger partial charge is 0.306 e. The van der Waals surface area contributed by atoms with Crippen LogP contribution in [0.2, 0.25) is 0 Å². The van der Waals surface area contributed by atoms with Crippen molar-refractivity contribution in [2.45, 2.75) is 73.7 Å². The number of alkyl halides is 1. The lowest BCUT2D eigenvalue weighted by molar-refractivity contribution is -0.148. The topological polar surface area (TPSA) is 125 Å². The molecular formula is C38H46BrN3O7. The van der Waals surface area contributed by atoms with E-state index in [-0.39, 0.29) is 42.8 Å². The monoisotopic (exact) mass is 735 g/mol. The number of fused-ring (bicyclic) bond motifs is 1. The Kier molecular flexibility index (Phi) is 12.5. The van der Waals surface area contributed by atoms with Crippen LogP contribution < -0.4 is 5.32 Å². The number of aliphatic hydroxyl groups is 1. The Hall–Kier alpha value is -3.80. The number of likely N-dealkylation sites (tertiary alicyclic amines) is 1. The van der Waals surface area contributed by atoms with Gasteiger partial charge >= 0.3 is 5.97 Å². The van der Waals surface area contributed by atoms with Crippen molar-refractivity contribution in [3.05, 3.63) is 97.1 Å². The molecular weight excluding hydrogens is 690 g/mol. The highest BCUT2D eigenvalue weighted by molar-refractivity contribution is 9.09. The number of nitrogens with one attached hydrogen (secondary N) is 1. The molecule has 3 aliphatic heterocycles. The number of aliphatic hydroxyl groups excluding tert-OH is 1. The predicted octanol–water partition coefficient (Wildman–Crippen LogP) is 4.48. The van der Waals surface area contributed by atoms with Crippen LogP contribution in [-0.4, -0.2) is 87.5 Å². The lowest BCUT2D eigenvalue weighted by Crippen LogP contribution is -2.57. The molecule has 0 radical (unpaired) electrons. The Balaban J connectivity index is 1.45. The zero-order valence-corrected chi connectivity index (χ0v) is 29.3. The van der Waals surface area contributed by atoms with E-state index in [0.29, 0.717) is 45.2 Å². The first kappa shape index (κ1) is 36.5. The maximum absolute atomic E-state index is 14.7. The van der Waals surface area contributed by atoms with Gasteiger partial charge in [-0.15, -0.1) is 13.2 Å². The lowest BCUT2D eigenvalue weighted by atomic mass is 9.70. The molecule has 2 aromatic rings. The molecule has 3 aliphatic rings. The van der Waals surface area contributed by atoms with Gasteiger partial charge in [0.15, 0.2) is 0 Å². The quantitative estimate of drug-likeness (QED) is 0.100. The molecule has 1 unspecified atom stereocenters. The third-order valence-corrected chi connectivity index (χ3v) is 10.6. The molecule has 5 rings (SSSR count). The molecule has 2 aromatic carbocycles. The minimum atomic E-state index is -1.22. The summed E-state index contributed by atoms with van der Waals surface area (Å²) in [4.78, 5) is 59.0. The first-order valence-electron chi connectivity index (χ1n) is 17.0. The molecule has 3 heterocycles. The number of carbonyl (C=O) groups excluding carboxylic acids is 4. The molecule has 7 atom stereocenters. The maximum Gasteiger partial charge on any atom is 0.306 e. The van der Waals surface area contributed by atoms with E-state index in [1.165, 1.54) is 0 Å². The first-order chi connectivity index (χ1) is 23.7. The van der Waals surface area contributed by atoms with Gasteiger partial charge in [0.25, 0.3) is 0 Å². The second-order valence-corrected chi connectivity index (χ2v) is 14.1. The third-order valence-electron chi connectivity index (χ3n) is 9.74. The summed E-state index contributed by atoms with van der Waals surface area (Å²) in [6.45, 7) is 8.38. The molecule has 1 spiro atoms. The van der Waals surface area contributed by atoms with E-state index in [4.69, 9.17) is 9.47 Å². The van der Waals surface area contributed by atoms with Gasteiger partial charge in [0.1, 0.15) is 18.2 Å². The number of carbonyl (C=O) groups is 4. The molecule has 3 fully saturated rings. The number of allylic oxidation sites excluding steroid dienone is 1. The van der Waals surface area contributed by atoms with Crippen molar-refractivity contribution in [3.8, 4) is 0 Å². The summed E-state index contributed by atoms with van der Waals surface area (Å²) in [5, 5.41) is 12.4. The van der Waals surface area contributed by atoms with Crippen LogP contribution in [0.5, 0.6) is 0 Å². The standard InChI is InChI=1S/C38H46BrN3O7/c1-3-5-19-30(44)48-25-29(27-17-11-7-12-18-27)40-35(45)31-32-36(46)42(21-13-8-14-22-43)34(38(32)23-28(39)33(31)49-38)37(47)41(20-4-2)24-26-15-9-6-10-16-26/h3-4,6-7,9-12,15-18,28-29,31-34,43H,1-2,5,8,13-14,19-25H2,(H,40,45)/t28?,29-,31-,32+,33-,34-,38+/m0/s1. The number of amides is 3. The van der Waals surface area contributed by atoms with E-state index >= 15 is 0 Å². The lowest BCUT2D eigenvalue weighted by Gasteiger charge is -2.37. The maximum atomic E-state index is 14.7. The number of unbranched alkanes of at least 4 members (excludes halogenated alkanes) is 2. The van der Waals surface area contributed by atoms with E-state index in [1.807, 2.05) is 60.7 Å². The number of rotatable bonds is 18. The van der Waals surface area contributed by atoms with E-state index < -0.39 is 47.5 Å². The number of halogens is 1. The molecule has 3 saturated heterocycles. The minimum absolute atomic E-state index is 0.0392. The van der Waals surface area contributed by atoms with Crippen LogP contribution in [0.15, 0.2) is 86.0 Å². The number of esters is 1. The Morgan fingerprint density at radius 2 is 1.80 bits per heavy atom. The highest BCUT2D eigenvalue weighted by Crippen LogP contribution is 2.60. The second-order valence-electron chi connectivity index (χ2n) is 13.0. The normalized spacial score (nSPS) is 25.8. The molecule has 11 heteroatoms. The number of benzene rings is 2. The van der Waals surface area contributed by atoms with E-state index in [2.05, 4.69) is 34.4 Å². The first-order valence-corrected chi connectivity index (χ1v) is 18.0. The fourth-order valence-corrected chi connectivity index (χ4v) is 8.47. The van der Waals surface area contributed by atoms with Crippen LogP contribution in [-0.2, 0) is 35.2 Å². The van der Waals surface area contributed by atoms with Gasteiger partial charge in [0, 0.05) is 37.5 Å². The number of nitrogens with zero attached hydrogens (tertiary/aromatic N) is 2. The SMILES string of the molecule is C=CCCC(=O)OC[C@H](NC(=O)[C@@H]1[C@H]2O[C@@]3(CC2Br)[C@H](C(=O)N(CC=C)Cc2ccccc2)N(CCCCCO)C(=O)[C@@H]13)c1ccccc1. The molecule has 49 heavy (non-hydrogen) atoms. The molecule has 0 aromatic heterocycles. The highest BCUT2D eigenvalue weighted by Gasteiger charge is 2.76. The van der Waals surface area contributed by atoms with Crippen LogP contribution in [0.1, 0.15) is 55.7 Å². The highest BCUT2D eigenvalue weighted by atomic mass is 79.9. The Bertz CT molecular complexity index is 1490. The summed E-state index contributed by atoms with van der Waals surface area (Å²) in [5.74, 6) is -3.10. The number of ether oxygens (including phenoxy) is 2. The van der Waals surface area contributed by atoms with Crippen LogP contribution in [0.4, 0.5) is 0 Å². The van der Waals surface area contributed by atoms with Gasteiger partial charge in [-0.25, -0.2) is 0 Å². The molecule has 2 bridgehead atoms. The van der Waals surface area contributed by atoms with Gasteiger partial charge in [-0.3, -0.25) is 19.2 Å². The fourth-order valence-electron chi connectivity index (χ4n) is 7.53. The number of hydrogen-bond acceptors (Lipinski definition) is 7. The molecule has 3 amide bonds. The van der Waals surface area contributed by atoms with Crippen LogP contribution in [0, 0.1) is 11.8 Å². The Morgan fingerprint density at radius 3 is 2.47 bits per heavy atom. The van der Waals surface area contributed by atoms with Crippen molar-refractivity contribution in [2.24, 2.45) is 11.8 Å². The van der Waals surface area contributed by atoms with Gasteiger partial charge < -0.3 is 29.7 Å². The minimum Gasteiger partial charge on any atom is -0.463 e. The fraction of sp³-hybridized carbons (Fsp3) is 0.474. The van der Waals surface area contributed by atoms with Gasteiger partial charge in [0.2, 0.25) is 17.7 Å². The average Bonchev–Trinajstić information content (AvgIpc) is 3.70. The third kappa shape index (κ3) is 7.84. The summed E-state index contributed by atoms with van der Waals surface area (Å²) in [6, 6.07) is 17.3. The molecule has 262 valence electrons.